The summed E-state index contributed by atoms with van der Waals surface area (Å²) in [6.07, 6.45) is 0. The predicted octanol–water partition coefficient (Wildman–Crippen LogP) is -0.957. The number of rotatable bonds is 6. The van der Waals surface area contributed by atoms with Gasteiger partial charge in [0.25, 0.3) is 11.8 Å². The van der Waals surface area contributed by atoms with Crippen molar-refractivity contribution < 1.29 is 24.0 Å². The minimum absolute atomic E-state index is 0.215. The number of carbonyl (C=O) groups is 2. The van der Waals surface area contributed by atoms with Crippen molar-refractivity contribution in [3.8, 4) is 0 Å². The molecule has 0 rings (SSSR count). The van der Waals surface area contributed by atoms with E-state index >= 15 is 0 Å². The molecule has 0 N–H and O–H groups in total. The van der Waals surface area contributed by atoms with Gasteiger partial charge in [0.2, 0.25) is 0 Å². The molecule has 0 heterocycles. The van der Waals surface area contributed by atoms with Crippen LogP contribution in [-0.2, 0) is 24.0 Å². The monoisotopic (exact) mass is 220 g/mol. The van der Waals surface area contributed by atoms with E-state index in [1.54, 1.807) is 0 Å². The van der Waals surface area contributed by atoms with Gasteiger partial charge < -0.3 is 4.74 Å². The maximum atomic E-state index is 11.1. The van der Waals surface area contributed by atoms with Gasteiger partial charge in [0.1, 0.15) is 13.2 Å². The topological polar surface area (TPSA) is 68.3 Å². The van der Waals surface area contributed by atoms with Crippen LogP contribution in [0.5, 0.6) is 0 Å². The van der Waals surface area contributed by atoms with Crippen molar-refractivity contribution >= 4 is 11.8 Å². The Morgan fingerprint density at radius 1 is 0.933 bits per heavy atom. The highest BCUT2D eigenvalue weighted by molar-refractivity contribution is 5.78. The Morgan fingerprint density at radius 2 is 1.27 bits per heavy atom. The molecule has 7 heteroatoms. The van der Waals surface area contributed by atoms with E-state index in [4.69, 9.17) is 4.74 Å². The Kier molecular flexibility index (Phi) is 6.59. The number of carbonyl (C=O) groups excluding carboxylic acids is 2. The molecule has 0 aromatic carbocycles. The first-order chi connectivity index (χ1) is 7.02. The van der Waals surface area contributed by atoms with Crippen molar-refractivity contribution in [2.45, 2.75) is 0 Å². The Labute approximate surface area is 88.4 Å². The van der Waals surface area contributed by atoms with Gasteiger partial charge in [0.15, 0.2) is 0 Å². The van der Waals surface area contributed by atoms with Crippen molar-refractivity contribution in [3.63, 3.8) is 0 Å². The lowest BCUT2D eigenvalue weighted by molar-refractivity contribution is -0.180. The second-order valence-corrected chi connectivity index (χ2v) is 2.64. The molecule has 0 aliphatic rings. The summed E-state index contributed by atoms with van der Waals surface area (Å²) >= 11 is 0. The van der Waals surface area contributed by atoms with Crippen LogP contribution in [0.4, 0.5) is 0 Å². The highest BCUT2D eigenvalue weighted by Crippen LogP contribution is 1.89. The maximum Gasteiger partial charge on any atom is 0.271 e. The summed E-state index contributed by atoms with van der Waals surface area (Å²) in [6, 6.07) is 0. The molecule has 0 saturated carbocycles. The van der Waals surface area contributed by atoms with Gasteiger partial charge in [0, 0.05) is 14.1 Å². The average Bonchev–Trinajstić information content (AvgIpc) is 2.26. The Hall–Kier alpha value is -1.18. The number of hydrogen-bond acceptors (Lipinski definition) is 5. The zero-order chi connectivity index (χ0) is 11.8. The summed E-state index contributed by atoms with van der Waals surface area (Å²) in [5, 5.41) is 2.04. The molecule has 0 unspecified atom stereocenters. The fraction of sp³-hybridized carbons (Fsp3) is 0.750. The molecule has 0 spiro atoms. The second kappa shape index (κ2) is 7.16. The molecule has 0 aliphatic heterocycles. The SMILES string of the molecule is CON(C)C(=O)COCC(=O)N(C)OC. The van der Waals surface area contributed by atoms with Crippen molar-refractivity contribution in [3.05, 3.63) is 0 Å². The van der Waals surface area contributed by atoms with Crippen LogP contribution in [0.1, 0.15) is 0 Å². The number of likely N-dealkylation sites (N-methyl/N-ethyl adjacent to an activating group) is 2. The number of hydrogen-bond donors (Lipinski definition) is 0. The van der Waals surface area contributed by atoms with Gasteiger partial charge in [0.05, 0.1) is 14.2 Å². The fourth-order valence-corrected chi connectivity index (χ4v) is 0.611. The molecule has 0 radical (unpaired) electrons. The third kappa shape index (κ3) is 5.31. The highest BCUT2D eigenvalue weighted by atomic mass is 16.7. The van der Waals surface area contributed by atoms with Crippen LogP contribution in [0.3, 0.4) is 0 Å². The van der Waals surface area contributed by atoms with Gasteiger partial charge in [-0.2, -0.15) is 0 Å². The van der Waals surface area contributed by atoms with Crippen LogP contribution in [0.2, 0.25) is 0 Å². The minimum atomic E-state index is -0.370. The summed E-state index contributed by atoms with van der Waals surface area (Å²) in [6.45, 7) is -0.429. The Morgan fingerprint density at radius 3 is 1.53 bits per heavy atom. The van der Waals surface area contributed by atoms with E-state index in [2.05, 4.69) is 9.68 Å². The van der Waals surface area contributed by atoms with Crippen LogP contribution in [-0.4, -0.2) is 63.5 Å². The summed E-state index contributed by atoms with van der Waals surface area (Å²) in [5.41, 5.74) is 0. The number of nitrogens with zero attached hydrogens (tertiary/aromatic N) is 2. The largest absolute Gasteiger partial charge is 0.362 e. The normalized spacial score (nSPS) is 9.87. The molecule has 15 heavy (non-hydrogen) atoms. The summed E-state index contributed by atoms with van der Waals surface area (Å²) in [7, 11) is 5.63. The van der Waals surface area contributed by atoms with Gasteiger partial charge in [-0.25, -0.2) is 10.1 Å². The molecule has 88 valence electrons. The van der Waals surface area contributed by atoms with Crippen molar-refractivity contribution in [2.75, 3.05) is 41.5 Å². The van der Waals surface area contributed by atoms with Gasteiger partial charge >= 0.3 is 0 Å². The standard InChI is InChI=1S/C8H16N2O5/c1-9(13-3)7(11)5-15-6-8(12)10(2)14-4/h5-6H2,1-4H3. The number of amides is 2. The molecular weight excluding hydrogens is 204 g/mol. The lowest BCUT2D eigenvalue weighted by atomic mass is 10.6. The fourth-order valence-electron chi connectivity index (χ4n) is 0.611. The van der Waals surface area contributed by atoms with Gasteiger partial charge in [-0.1, -0.05) is 0 Å². The third-order valence-electron chi connectivity index (χ3n) is 1.70. The first kappa shape index (κ1) is 13.8. The summed E-state index contributed by atoms with van der Waals surface area (Å²) in [4.78, 5) is 31.5. The highest BCUT2D eigenvalue weighted by Gasteiger charge is 2.11. The molecule has 0 fully saturated rings. The quantitative estimate of drug-likeness (QED) is 0.539. The van der Waals surface area contributed by atoms with E-state index in [0.717, 1.165) is 10.1 Å². The molecule has 0 bridgehead atoms. The maximum absolute atomic E-state index is 11.1. The number of ether oxygens (including phenoxy) is 1. The van der Waals surface area contributed by atoms with Gasteiger partial charge in [-0.15, -0.1) is 0 Å². The van der Waals surface area contributed by atoms with Crippen molar-refractivity contribution in [2.24, 2.45) is 0 Å². The molecule has 0 aliphatic carbocycles. The second-order valence-electron chi connectivity index (χ2n) is 2.64. The lowest BCUT2D eigenvalue weighted by Crippen LogP contribution is -2.33. The summed E-state index contributed by atoms with van der Waals surface area (Å²) in [5.74, 6) is -0.740. The van der Waals surface area contributed by atoms with E-state index in [-0.39, 0.29) is 25.0 Å². The van der Waals surface area contributed by atoms with Crippen LogP contribution < -0.4 is 0 Å². The van der Waals surface area contributed by atoms with Crippen molar-refractivity contribution in [1.82, 2.24) is 10.1 Å². The molecule has 0 atom stereocenters. The predicted molar refractivity (Wildman–Crippen MR) is 50.4 cm³/mol. The Bertz CT molecular complexity index is 199. The van der Waals surface area contributed by atoms with E-state index in [9.17, 15) is 9.59 Å². The smallest absolute Gasteiger partial charge is 0.271 e. The molecule has 0 aromatic heterocycles. The van der Waals surface area contributed by atoms with Crippen LogP contribution in [0, 0.1) is 0 Å². The first-order valence-electron chi connectivity index (χ1n) is 4.22. The van der Waals surface area contributed by atoms with Crippen LogP contribution in [0.15, 0.2) is 0 Å². The van der Waals surface area contributed by atoms with E-state index in [1.807, 2.05) is 0 Å². The zero-order valence-corrected chi connectivity index (χ0v) is 9.35. The lowest BCUT2D eigenvalue weighted by Gasteiger charge is -2.15. The van der Waals surface area contributed by atoms with Crippen molar-refractivity contribution in [1.29, 1.82) is 0 Å². The molecular formula is C8H16N2O5. The van der Waals surface area contributed by atoms with Gasteiger partial charge in [-0.3, -0.25) is 19.3 Å². The molecule has 0 aromatic rings. The van der Waals surface area contributed by atoms with E-state index in [0.29, 0.717) is 0 Å². The molecule has 2 amide bonds. The van der Waals surface area contributed by atoms with E-state index < -0.39 is 0 Å². The number of hydroxylamine groups is 4. The van der Waals surface area contributed by atoms with Crippen LogP contribution >= 0.6 is 0 Å². The molecule has 0 saturated heterocycles. The summed E-state index contributed by atoms with van der Waals surface area (Å²) < 4.78 is 4.86. The van der Waals surface area contributed by atoms with Gasteiger partial charge in [-0.05, 0) is 0 Å². The van der Waals surface area contributed by atoms with Crippen LogP contribution in [0.25, 0.3) is 0 Å². The average molecular weight is 220 g/mol. The minimum Gasteiger partial charge on any atom is -0.362 e. The molecule has 7 nitrogen and oxygen atoms in total. The van der Waals surface area contributed by atoms with E-state index in [1.165, 1.54) is 28.3 Å². The first-order valence-corrected chi connectivity index (χ1v) is 4.22. The Balaban J connectivity index is 3.70. The zero-order valence-electron chi connectivity index (χ0n) is 9.35. The third-order valence-corrected chi connectivity index (χ3v) is 1.70.